The molecule has 1 fully saturated rings. The quantitative estimate of drug-likeness (QED) is 0.370. The van der Waals surface area contributed by atoms with E-state index in [1.165, 1.54) is 22.8 Å². The smallest absolute Gasteiger partial charge is 0.251 e. The Balaban J connectivity index is 1.41. The van der Waals surface area contributed by atoms with E-state index in [4.69, 9.17) is 11.6 Å². The van der Waals surface area contributed by atoms with Crippen LogP contribution in [0.4, 0.5) is 16.0 Å². The Morgan fingerprint density at radius 1 is 1.26 bits per heavy atom. The molecule has 1 aliphatic carbocycles. The molecule has 0 amide bonds. The van der Waals surface area contributed by atoms with Crippen molar-refractivity contribution in [3.63, 3.8) is 0 Å². The topological polar surface area (TPSA) is 97.9 Å². The monoisotopic (exact) mass is 494 g/mol. The maximum Gasteiger partial charge on any atom is 0.251 e. The molecule has 3 heterocycles. The summed E-state index contributed by atoms with van der Waals surface area (Å²) in [5.41, 5.74) is 3.31. The van der Waals surface area contributed by atoms with Crippen molar-refractivity contribution in [2.24, 2.45) is 0 Å². The number of hydrogen-bond acceptors (Lipinski definition) is 6. The van der Waals surface area contributed by atoms with Gasteiger partial charge < -0.3 is 15.0 Å². The summed E-state index contributed by atoms with van der Waals surface area (Å²) in [7, 11) is 0. The molecule has 0 saturated heterocycles. The second-order valence-corrected chi connectivity index (χ2v) is 8.98. The van der Waals surface area contributed by atoms with Crippen LogP contribution in [0.2, 0.25) is 5.02 Å². The fraction of sp³-hybridized carbons (Fsp3) is 0.280. The summed E-state index contributed by atoms with van der Waals surface area (Å²) in [4.78, 5) is 21.9. The first-order valence-electron chi connectivity index (χ1n) is 11.4. The number of halogens is 2. The predicted octanol–water partition coefficient (Wildman–Crippen LogP) is 4.65. The highest BCUT2D eigenvalue weighted by Gasteiger charge is 2.26. The number of nitrogens with zero attached hydrogens (tertiary/aromatic N) is 5. The Bertz CT molecular complexity index is 1430. The summed E-state index contributed by atoms with van der Waals surface area (Å²) in [5, 5.41) is 17.2. The lowest BCUT2D eigenvalue weighted by molar-refractivity contribution is 0.266. The van der Waals surface area contributed by atoms with Gasteiger partial charge in [-0.05, 0) is 56.0 Å². The molecule has 1 aliphatic rings. The molecule has 180 valence electrons. The molecular weight excluding hydrogens is 471 g/mol. The summed E-state index contributed by atoms with van der Waals surface area (Å²) in [5.74, 6) is -0.171. The minimum absolute atomic E-state index is 0.00227. The molecule has 0 spiro atoms. The van der Waals surface area contributed by atoms with Gasteiger partial charge in [0.1, 0.15) is 5.82 Å². The first-order valence-corrected chi connectivity index (χ1v) is 11.7. The van der Waals surface area contributed by atoms with Crippen LogP contribution >= 0.6 is 11.6 Å². The lowest BCUT2D eigenvalue weighted by Crippen LogP contribution is -2.25. The Hall–Kier alpha value is -3.56. The first kappa shape index (κ1) is 23.2. The Morgan fingerprint density at radius 3 is 2.80 bits per heavy atom. The van der Waals surface area contributed by atoms with Crippen molar-refractivity contribution < 1.29 is 9.50 Å². The maximum absolute atomic E-state index is 14.0. The minimum Gasteiger partial charge on any atom is -0.396 e. The number of anilines is 2. The number of benzene rings is 1. The normalized spacial score (nSPS) is 14.2. The molecule has 1 saturated carbocycles. The third-order valence-corrected chi connectivity index (χ3v) is 6.46. The van der Waals surface area contributed by atoms with E-state index in [2.05, 4.69) is 20.4 Å². The summed E-state index contributed by atoms with van der Waals surface area (Å²) in [6.07, 6.45) is 7.56. The van der Waals surface area contributed by atoms with Gasteiger partial charge in [0, 0.05) is 30.6 Å². The van der Waals surface area contributed by atoms with Gasteiger partial charge in [0.25, 0.3) is 5.56 Å². The Labute approximate surface area is 206 Å². The molecule has 3 aromatic heterocycles. The average molecular weight is 495 g/mol. The van der Waals surface area contributed by atoms with Crippen molar-refractivity contribution in [1.29, 1.82) is 0 Å². The predicted molar refractivity (Wildman–Crippen MR) is 131 cm³/mol. The Morgan fingerprint density at radius 2 is 2.09 bits per heavy atom. The zero-order valence-electron chi connectivity index (χ0n) is 19.0. The molecular formula is C25H24ClFN6O2. The summed E-state index contributed by atoms with van der Waals surface area (Å²) in [6.45, 7) is 1.84. The number of nitrogens with one attached hydrogen (secondary N) is 1. The Kier molecular flexibility index (Phi) is 6.36. The number of pyridine rings is 1. The molecule has 1 aromatic carbocycles. The van der Waals surface area contributed by atoms with Crippen LogP contribution in [0, 0.1) is 12.7 Å². The molecule has 0 aliphatic heterocycles. The fourth-order valence-electron chi connectivity index (χ4n) is 4.15. The SMILES string of the molecule is Cc1c(Nc2nccc(-c3ccn([C@H](CCO)c4ccc(Cl)c(F)c4)c(=O)c3)n2)cnn1C1CC1. The van der Waals surface area contributed by atoms with E-state index in [0.717, 1.165) is 24.2 Å². The van der Waals surface area contributed by atoms with E-state index in [9.17, 15) is 14.3 Å². The van der Waals surface area contributed by atoms with Crippen LogP contribution in [0.3, 0.4) is 0 Å². The largest absolute Gasteiger partial charge is 0.396 e. The van der Waals surface area contributed by atoms with Crippen molar-refractivity contribution in [3.05, 3.63) is 87.4 Å². The molecule has 5 rings (SSSR count). The molecule has 0 unspecified atom stereocenters. The van der Waals surface area contributed by atoms with Gasteiger partial charge in [-0.2, -0.15) is 5.10 Å². The highest BCUT2D eigenvalue weighted by Crippen LogP contribution is 2.36. The molecule has 0 radical (unpaired) electrons. The maximum atomic E-state index is 14.0. The second kappa shape index (κ2) is 9.59. The van der Waals surface area contributed by atoms with Crippen molar-refractivity contribution in [3.8, 4) is 11.3 Å². The highest BCUT2D eigenvalue weighted by atomic mass is 35.5. The zero-order chi connectivity index (χ0) is 24.5. The van der Waals surface area contributed by atoms with Crippen molar-refractivity contribution >= 4 is 23.2 Å². The van der Waals surface area contributed by atoms with Crippen LogP contribution < -0.4 is 10.9 Å². The molecule has 4 aromatic rings. The van der Waals surface area contributed by atoms with Gasteiger partial charge in [0.05, 0.1) is 40.4 Å². The van der Waals surface area contributed by atoms with Gasteiger partial charge >= 0.3 is 0 Å². The van der Waals surface area contributed by atoms with Crippen LogP contribution in [-0.4, -0.2) is 36.0 Å². The van der Waals surface area contributed by atoms with Gasteiger partial charge in [-0.25, -0.2) is 14.4 Å². The van der Waals surface area contributed by atoms with Crippen LogP contribution in [0.15, 0.2) is 59.8 Å². The van der Waals surface area contributed by atoms with E-state index in [0.29, 0.717) is 28.8 Å². The van der Waals surface area contributed by atoms with Crippen LogP contribution in [0.1, 0.15) is 42.6 Å². The number of aliphatic hydroxyl groups excluding tert-OH is 1. The number of aromatic nitrogens is 5. The van der Waals surface area contributed by atoms with E-state index in [-0.39, 0.29) is 23.6 Å². The van der Waals surface area contributed by atoms with E-state index in [1.807, 2.05) is 11.6 Å². The molecule has 0 bridgehead atoms. The van der Waals surface area contributed by atoms with E-state index < -0.39 is 11.9 Å². The highest BCUT2D eigenvalue weighted by molar-refractivity contribution is 6.30. The molecule has 2 N–H and O–H groups in total. The average Bonchev–Trinajstić information content (AvgIpc) is 3.63. The van der Waals surface area contributed by atoms with Crippen molar-refractivity contribution in [1.82, 2.24) is 24.3 Å². The van der Waals surface area contributed by atoms with Crippen LogP contribution in [0.25, 0.3) is 11.3 Å². The van der Waals surface area contributed by atoms with Crippen molar-refractivity contribution in [2.45, 2.75) is 38.3 Å². The number of rotatable bonds is 8. The third-order valence-electron chi connectivity index (χ3n) is 6.15. The standard InChI is InChI=1S/C25H24ClFN6O2/c1-15-22(14-29-33(15)18-3-4-18)31-25-28-9-6-21(30-25)16-7-10-32(24(35)13-16)23(8-11-34)17-2-5-19(26)20(27)12-17/h2,5-7,9-10,12-14,18,23,34H,3-4,8,11H2,1H3,(H,28,30,31)/t23-/m1/s1. The molecule has 8 nitrogen and oxygen atoms in total. The lowest BCUT2D eigenvalue weighted by Gasteiger charge is -2.20. The van der Waals surface area contributed by atoms with Gasteiger partial charge in [-0.3, -0.25) is 9.48 Å². The molecule has 1 atom stereocenters. The lowest BCUT2D eigenvalue weighted by atomic mass is 10.0. The summed E-state index contributed by atoms with van der Waals surface area (Å²) >= 11 is 5.80. The van der Waals surface area contributed by atoms with Crippen LogP contribution in [-0.2, 0) is 0 Å². The summed E-state index contributed by atoms with van der Waals surface area (Å²) < 4.78 is 17.5. The minimum atomic E-state index is -0.573. The summed E-state index contributed by atoms with van der Waals surface area (Å²) in [6, 6.07) is 9.29. The fourth-order valence-corrected chi connectivity index (χ4v) is 4.27. The zero-order valence-corrected chi connectivity index (χ0v) is 19.8. The van der Waals surface area contributed by atoms with E-state index in [1.54, 1.807) is 36.8 Å². The number of hydrogen-bond donors (Lipinski definition) is 2. The van der Waals surface area contributed by atoms with Crippen LogP contribution in [0.5, 0.6) is 0 Å². The van der Waals surface area contributed by atoms with Gasteiger partial charge in [-0.1, -0.05) is 17.7 Å². The van der Waals surface area contributed by atoms with Crippen molar-refractivity contribution in [2.75, 3.05) is 11.9 Å². The molecule has 10 heteroatoms. The van der Waals surface area contributed by atoms with E-state index >= 15 is 0 Å². The number of aliphatic hydroxyl groups is 1. The van der Waals surface area contributed by atoms with Gasteiger partial charge in [0.2, 0.25) is 5.95 Å². The van der Waals surface area contributed by atoms with Gasteiger partial charge in [-0.15, -0.1) is 0 Å². The first-order chi connectivity index (χ1) is 16.9. The molecule has 35 heavy (non-hydrogen) atoms. The second-order valence-electron chi connectivity index (χ2n) is 8.57. The van der Waals surface area contributed by atoms with Gasteiger partial charge in [0.15, 0.2) is 0 Å². The third kappa shape index (κ3) is 4.82.